The Kier molecular flexibility index (Phi) is 6.48. The number of hydrogen-bond acceptors (Lipinski definition) is 4. The first kappa shape index (κ1) is 19.4. The lowest BCUT2D eigenvalue weighted by Crippen LogP contribution is -2.40. The molecule has 2 aromatic rings. The van der Waals surface area contributed by atoms with E-state index in [9.17, 15) is 9.90 Å². The van der Waals surface area contributed by atoms with Gasteiger partial charge in [0.05, 0.1) is 18.3 Å². The van der Waals surface area contributed by atoms with E-state index in [1.807, 2.05) is 25.1 Å². The van der Waals surface area contributed by atoms with Crippen molar-refractivity contribution in [2.45, 2.75) is 39.5 Å². The summed E-state index contributed by atoms with van der Waals surface area (Å²) in [6.07, 6.45) is 1.09. The summed E-state index contributed by atoms with van der Waals surface area (Å²) in [5.74, 6) is -0.241. The van der Waals surface area contributed by atoms with Crippen LogP contribution in [0.2, 0.25) is 0 Å². The standard InChI is InChI=1S/C22H28N2O3/c1-3-17-7-8-21(25)20(12-17)22(26)23-13-18-5-4-6-19(11-18)15-24-9-10-27-16(2)14-24/h4-8,11-12,16,25H,3,9-10,13-15H2,1-2H3,(H,23,26). The summed E-state index contributed by atoms with van der Waals surface area (Å²) in [6.45, 7) is 8.09. The van der Waals surface area contributed by atoms with Crippen LogP contribution >= 0.6 is 0 Å². The summed E-state index contributed by atoms with van der Waals surface area (Å²) in [7, 11) is 0. The Hall–Kier alpha value is -2.37. The third-order valence-electron chi connectivity index (χ3n) is 4.89. The number of nitrogens with zero attached hydrogens (tertiary/aromatic N) is 1. The molecule has 0 bridgehead atoms. The fraction of sp³-hybridized carbons (Fsp3) is 0.409. The van der Waals surface area contributed by atoms with Crippen molar-refractivity contribution in [1.29, 1.82) is 0 Å². The van der Waals surface area contributed by atoms with Crippen LogP contribution in [0.15, 0.2) is 42.5 Å². The quantitative estimate of drug-likeness (QED) is 0.822. The summed E-state index contributed by atoms with van der Waals surface area (Å²) in [4.78, 5) is 14.8. The Morgan fingerprint density at radius 2 is 2.04 bits per heavy atom. The van der Waals surface area contributed by atoms with E-state index in [4.69, 9.17) is 4.74 Å². The molecular weight excluding hydrogens is 340 g/mol. The zero-order valence-corrected chi connectivity index (χ0v) is 16.1. The molecule has 1 atom stereocenters. The fourth-order valence-corrected chi connectivity index (χ4v) is 3.39. The molecule has 1 saturated heterocycles. The first-order valence-electron chi connectivity index (χ1n) is 9.57. The number of amides is 1. The minimum Gasteiger partial charge on any atom is -0.507 e. The maximum atomic E-state index is 12.5. The van der Waals surface area contributed by atoms with Gasteiger partial charge < -0.3 is 15.2 Å². The Balaban J connectivity index is 1.60. The minimum atomic E-state index is -0.254. The SMILES string of the molecule is CCc1ccc(O)c(C(=O)NCc2cccc(CN3CCOC(C)C3)c2)c1. The van der Waals surface area contributed by atoms with Crippen LogP contribution in [0, 0.1) is 0 Å². The van der Waals surface area contributed by atoms with Crippen LogP contribution in [0.5, 0.6) is 5.75 Å². The average Bonchev–Trinajstić information content (AvgIpc) is 2.67. The van der Waals surface area contributed by atoms with Crippen molar-refractivity contribution < 1.29 is 14.6 Å². The number of benzene rings is 2. The fourth-order valence-electron chi connectivity index (χ4n) is 3.39. The number of phenols is 1. The molecule has 1 fully saturated rings. The van der Waals surface area contributed by atoms with Gasteiger partial charge >= 0.3 is 0 Å². The topological polar surface area (TPSA) is 61.8 Å². The highest BCUT2D eigenvalue weighted by molar-refractivity contribution is 5.96. The van der Waals surface area contributed by atoms with Crippen molar-refractivity contribution in [2.75, 3.05) is 19.7 Å². The van der Waals surface area contributed by atoms with Gasteiger partial charge in [0.25, 0.3) is 5.91 Å². The Bertz CT molecular complexity index is 791. The predicted octanol–water partition coefficient (Wildman–Crippen LogP) is 3.11. The second-order valence-corrected chi connectivity index (χ2v) is 7.12. The van der Waals surface area contributed by atoms with Crippen LogP contribution < -0.4 is 5.32 Å². The van der Waals surface area contributed by atoms with Crippen LogP contribution in [-0.4, -0.2) is 41.7 Å². The Morgan fingerprint density at radius 3 is 2.81 bits per heavy atom. The summed E-state index contributed by atoms with van der Waals surface area (Å²) in [5.41, 5.74) is 3.63. The molecular formula is C22H28N2O3. The van der Waals surface area contributed by atoms with E-state index in [1.165, 1.54) is 5.56 Å². The maximum absolute atomic E-state index is 12.5. The molecule has 1 amide bonds. The molecule has 0 radical (unpaired) electrons. The lowest BCUT2D eigenvalue weighted by atomic mass is 10.1. The molecule has 0 saturated carbocycles. The molecule has 2 N–H and O–H groups in total. The van der Waals surface area contributed by atoms with E-state index >= 15 is 0 Å². The van der Waals surface area contributed by atoms with Crippen molar-refractivity contribution in [2.24, 2.45) is 0 Å². The number of aryl methyl sites for hydroxylation is 1. The molecule has 0 aromatic heterocycles. The third kappa shape index (κ3) is 5.31. The molecule has 1 aliphatic rings. The number of ether oxygens (including phenoxy) is 1. The number of nitrogens with one attached hydrogen (secondary N) is 1. The normalized spacial score (nSPS) is 17.6. The summed E-state index contributed by atoms with van der Waals surface area (Å²) < 4.78 is 5.59. The number of hydrogen-bond donors (Lipinski definition) is 2. The molecule has 5 heteroatoms. The van der Waals surface area contributed by atoms with Crippen molar-refractivity contribution in [3.8, 4) is 5.75 Å². The number of morpholine rings is 1. The average molecular weight is 368 g/mol. The molecule has 1 heterocycles. The van der Waals surface area contributed by atoms with E-state index in [0.717, 1.165) is 43.8 Å². The van der Waals surface area contributed by atoms with Crippen molar-refractivity contribution in [3.63, 3.8) is 0 Å². The molecule has 0 aliphatic carbocycles. The van der Waals surface area contributed by atoms with Crippen LogP contribution in [-0.2, 0) is 24.2 Å². The second-order valence-electron chi connectivity index (χ2n) is 7.12. The number of carbonyl (C=O) groups is 1. The van der Waals surface area contributed by atoms with Gasteiger partial charge in [0.2, 0.25) is 0 Å². The molecule has 27 heavy (non-hydrogen) atoms. The predicted molar refractivity (Wildman–Crippen MR) is 106 cm³/mol. The Morgan fingerprint density at radius 1 is 1.22 bits per heavy atom. The molecule has 5 nitrogen and oxygen atoms in total. The summed E-state index contributed by atoms with van der Waals surface area (Å²) >= 11 is 0. The van der Waals surface area contributed by atoms with Crippen LogP contribution in [0.4, 0.5) is 0 Å². The van der Waals surface area contributed by atoms with Gasteiger partial charge in [0.15, 0.2) is 0 Å². The highest BCUT2D eigenvalue weighted by atomic mass is 16.5. The van der Waals surface area contributed by atoms with E-state index in [0.29, 0.717) is 12.1 Å². The molecule has 0 spiro atoms. The number of phenolic OH excluding ortho intramolecular Hbond substituents is 1. The monoisotopic (exact) mass is 368 g/mol. The first-order chi connectivity index (χ1) is 13.0. The van der Waals surface area contributed by atoms with E-state index in [-0.39, 0.29) is 17.8 Å². The van der Waals surface area contributed by atoms with Gasteiger partial charge in [-0.2, -0.15) is 0 Å². The zero-order chi connectivity index (χ0) is 19.2. The van der Waals surface area contributed by atoms with Gasteiger partial charge in [0.1, 0.15) is 5.75 Å². The lowest BCUT2D eigenvalue weighted by molar-refractivity contribution is -0.0212. The number of rotatable bonds is 6. The Labute approximate surface area is 161 Å². The van der Waals surface area contributed by atoms with Gasteiger partial charge in [-0.3, -0.25) is 9.69 Å². The molecule has 2 aromatic carbocycles. The summed E-state index contributed by atoms with van der Waals surface area (Å²) in [5, 5.41) is 12.9. The van der Waals surface area contributed by atoms with Gasteiger partial charge in [0, 0.05) is 26.2 Å². The van der Waals surface area contributed by atoms with Crippen molar-refractivity contribution in [1.82, 2.24) is 10.2 Å². The van der Waals surface area contributed by atoms with Crippen molar-refractivity contribution >= 4 is 5.91 Å². The van der Waals surface area contributed by atoms with Crippen LogP contribution in [0.1, 0.15) is 40.9 Å². The highest BCUT2D eigenvalue weighted by Gasteiger charge is 2.17. The van der Waals surface area contributed by atoms with Gasteiger partial charge in [-0.05, 0) is 42.2 Å². The number of aromatic hydroxyl groups is 1. The van der Waals surface area contributed by atoms with Crippen LogP contribution in [0.3, 0.4) is 0 Å². The summed E-state index contributed by atoms with van der Waals surface area (Å²) in [6, 6.07) is 13.4. The van der Waals surface area contributed by atoms with E-state index in [1.54, 1.807) is 12.1 Å². The van der Waals surface area contributed by atoms with Gasteiger partial charge in [-0.25, -0.2) is 0 Å². The third-order valence-corrected chi connectivity index (χ3v) is 4.89. The smallest absolute Gasteiger partial charge is 0.255 e. The lowest BCUT2D eigenvalue weighted by Gasteiger charge is -2.31. The van der Waals surface area contributed by atoms with Gasteiger partial charge in [-0.1, -0.05) is 37.3 Å². The van der Waals surface area contributed by atoms with Crippen LogP contribution in [0.25, 0.3) is 0 Å². The maximum Gasteiger partial charge on any atom is 0.255 e. The minimum absolute atomic E-state index is 0.0138. The van der Waals surface area contributed by atoms with Crippen molar-refractivity contribution in [3.05, 3.63) is 64.7 Å². The second kappa shape index (κ2) is 9.02. The van der Waals surface area contributed by atoms with E-state index < -0.39 is 0 Å². The molecule has 3 rings (SSSR count). The zero-order valence-electron chi connectivity index (χ0n) is 16.1. The molecule has 1 unspecified atom stereocenters. The highest BCUT2D eigenvalue weighted by Crippen LogP contribution is 2.19. The first-order valence-corrected chi connectivity index (χ1v) is 9.57. The van der Waals surface area contributed by atoms with E-state index in [2.05, 4.69) is 29.3 Å². The van der Waals surface area contributed by atoms with Gasteiger partial charge in [-0.15, -0.1) is 0 Å². The largest absolute Gasteiger partial charge is 0.507 e. The number of carbonyl (C=O) groups excluding carboxylic acids is 1. The molecule has 144 valence electrons. The molecule has 1 aliphatic heterocycles.